The first-order chi connectivity index (χ1) is 8.34. The van der Waals surface area contributed by atoms with Crippen LogP contribution < -0.4 is 5.32 Å². The third-order valence-electron chi connectivity index (χ3n) is 2.56. The fourth-order valence-electron chi connectivity index (χ4n) is 1.69. The highest BCUT2D eigenvalue weighted by atomic mass is 16.2. The van der Waals surface area contributed by atoms with Crippen LogP contribution in [0.15, 0.2) is 52.3 Å². The standard InChI is InChI=1S/C13H15N3O/c17-13(14-11-7-3-1-4-8-11)16-15-12-9-5-2-6-10-12/h1,3-4,7-9H,2,5-6,10H2,(H,14,17). The van der Waals surface area contributed by atoms with Gasteiger partial charge in [0.1, 0.15) is 0 Å². The van der Waals surface area contributed by atoms with Crippen molar-refractivity contribution in [2.45, 2.75) is 25.7 Å². The molecule has 0 radical (unpaired) electrons. The Kier molecular flexibility index (Phi) is 4.02. The third kappa shape index (κ3) is 3.83. The number of benzene rings is 1. The number of urea groups is 1. The summed E-state index contributed by atoms with van der Waals surface area (Å²) in [5.74, 6) is 0. The molecule has 0 heterocycles. The number of hydrogen-bond donors (Lipinski definition) is 1. The molecule has 1 N–H and O–H groups in total. The maximum absolute atomic E-state index is 11.5. The number of amides is 2. The minimum atomic E-state index is -0.428. The second-order valence-electron chi connectivity index (χ2n) is 3.94. The Morgan fingerprint density at radius 1 is 1.18 bits per heavy atom. The van der Waals surface area contributed by atoms with E-state index in [2.05, 4.69) is 15.5 Å². The molecule has 0 aliphatic heterocycles. The Bertz CT molecular complexity index is 437. The number of allylic oxidation sites excluding steroid dienone is 2. The van der Waals surface area contributed by atoms with Gasteiger partial charge in [0.25, 0.3) is 0 Å². The van der Waals surface area contributed by atoms with Crippen molar-refractivity contribution in [1.29, 1.82) is 0 Å². The quantitative estimate of drug-likeness (QED) is 0.761. The van der Waals surface area contributed by atoms with E-state index < -0.39 is 6.03 Å². The Labute approximate surface area is 100 Å². The summed E-state index contributed by atoms with van der Waals surface area (Å²) in [6.07, 6.45) is 6.33. The Morgan fingerprint density at radius 2 is 2.00 bits per heavy atom. The third-order valence-corrected chi connectivity index (χ3v) is 2.56. The molecule has 0 atom stereocenters. The van der Waals surface area contributed by atoms with Crippen LogP contribution in [0.5, 0.6) is 0 Å². The van der Waals surface area contributed by atoms with Crippen LogP contribution in [0.1, 0.15) is 25.7 Å². The molecule has 0 spiro atoms. The summed E-state index contributed by atoms with van der Waals surface area (Å²) in [7, 11) is 0. The summed E-state index contributed by atoms with van der Waals surface area (Å²) in [5, 5.41) is 10.3. The average Bonchev–Trinajstić information content (AvgIpc) is 2.39. The molecule has 1 aromatic carbocycles. The molecular weight excluding hydrogens is 214 g/mol. The minimum Gasteiger partial charge on any atom is -0.305 e. The normalized spacial score (nSPS) is 15.6. The highest BCUT2D eigenvalue weighted by Gasteiger charge is 2.03. The topological polar surface area (TPSA) is 53.8 Å². The zero-order valence-electron chi connectivity index (χ0n) is 9.60. The van der Waals surface area contributed by atoms with E-state index in [1.807, 2.05) is 36.4 Å². The summed E-state index contributed by atoms with van der Waals surface area (Å²) in [6, 6.07) is 8.81. The molecule has 1 aromatic rings. The van der Waals surface area contributed by atoms with Crippen LogP contribution in [-0.4, -0.2) is 6.03 Å². The van der Waals surface area contributed by atoms with Crippen LogP contribution in [0.2, 0.25) is 0 Å². The molecule has 1 aliphatic rings. The Balaban J connectivity index is 1.89. The number of nitrogens with one attached hydrogen (secondary N) is 1. The maximum Gasteiger partial charge on any atom is 0.364 e. The van der Waals surface area contributed by atoms with Crippen molar-refractivity contribution in [3.8, 4) is 0 Å². The van der Waals surface area contributed by atoms with Gasteiger partial charge in [-0.2, -0.15) is 5.11 Å². The van der Waals surface area contributed by atoms with Crippen LogP contribution >= 0.6 is 0 Å². The molecule has 4 heteroatoms. The largest absolute Gasteiger partial charge is 0.364 e. The lowest BCUT2D eigenvalue weighted by molar-refractivity contribution is 0.258. The zero-order chi connectivity index (χ0) is 11.9. The molecule has 0 saturated carbocycles. The van der Waals surface area contributed by atoms with Crippen LogP contribution in [0.4, 0.5) is 10.5 Å². The number of rotatable bonds is 2. The van der Waals surface area contributed by atoms with Crippen molar-refractivity contribution in [2.75, 3.05) is 5.32 Å². The number of carbonyl (C=O) groups is 1. The Morgan fingerprint density at radius 3 is 2.71 bits per heavy atom. The van der Waals surface area contributed by atoms with Gasteiger partial charge in [0, 0.05) is 5.69 Å². The number of anilines is 1. The predicted molar refractivity (Wildman–Crippen MR) is 66.9 cm³/mol. The summed E-state index contributed by atoms with van der Waals surface area (Å²) >= 11 is 0. The molecule has 0 unspecified atom stereocenters. The average molecular weight is 229 g/mol. The smallest absolute Gasteiger partial charge is 0.305 e. The van der Waals surface area contributed by atoms with Crippen molar-refractivity contribution in [3.63, 3.8) is 0 Å². The second-order valence-corrected chi connectivity index (χ2v) is 3.94. The van der Waals surface area contributed by atoms with Gasteiger partial charge in [0.2, 0.25) is 0 Å². The van der Waals surface area contributed by atoms with Crippen LogP contribution in [0.25, 0.3) is 0 Å². The minimum absolute atomic E-state index is 0.428. The van der Waals surface area contributed by atoms with E-state index in [1.165, 1.54) is 6.42 Å². The predicted octanol–water partition coefficient (Wildman–Crippen LogP) is 4.13. The van der Waals surface area contributed by atoms with Crippen LogP contribution in [0.3, 0.4) is 0 Å². The van der Waals surface area contributed by atoms with E-state index in [1.54, 1.807) is 0 Å². The number of para-hydroxylation sites is 1. The number of carbonyl (C=O) groups excluding carboxylic acids is 1. The van der Waals surface area contributed by atoms with Gasteiger partial charge in [-0.05, 0) is 37.8 Å². The first-order valence-corrected chi connectivity index (χ1v) is 5.81. The second kappa shape index (κ2) is 5.94. The molecule has 2 amide bonds. The van der Waals surface area contributed by atoms with Gasteiger partial charge in [-0.15, -0.1) is 0 Å². The summed E-state index contributed by atoms with van der Waals surface area (Å²) in [4.78, 5) is 11.5. The van der Waals surface area contributed by atoms with Gasteiger partial charge in [-0.3, -0.25) is 0 Å². The maximum atomic E-state index is 11.5. The van der Waals surface area contributed by atoms with Crippen molar-refractivity contribution in [1.82, 2.24) is 0 Å². The molecule has 17 heavy (non-hydrogen) atoms. The first-order valence-electron chi connectivity index (χ1n) is 5.81. The van der Waals surface area contributed by atoms with E-state index >= 15 is 0 Å². The van der Waals surface area contributed by atoms with Gasteiger partial charge >= 0.3 is 6.03 Å². The lowest BCUT2D eigenvalue weighted by atomic mass is 10.1. The van der Waals surface area contributed by atoms with Gasteiger partial charge < -0.3 is 5.32 Å². The molecule has 0 fully saturated rings. The van der Waals surface area contributed by atoms with E-state index in [-0.39, 0.29) is 0 Å². The highest BCUT2D eigenvalue weighted by molar-refractivity contribution is 5.89. The first kappa shape index (κ1) is 11.5. The fraction of sp³-hybridized carbons (Fsp3) is 0.308. The van der Waals surface area contributed by atoms with E-state index in [4.69, 9.17) is 0 Å². The molecule has 88 valence electrons. The van der Waals surface area contributed by atoms with Crippen molar-refractivity contribution >= 4 is 11.7 Å². The van der Waals surface area contributed by atoms with Gasteiger partial charge in [0.15, 0.2) is 0 Å². The lowest BCUT2D eigenvalue weighted by Crippen LogP contribution is -2.05. The van der Waals surface area contributed by atoms with Crippen LogP contribution in [-0.2, 0) is 0 Å². The molecule has 0 bridgehead atoms. The highest BCUT2D eigenvalue weighted by Crippen LogP contribution is 2.18. The number of azo groups is 1. The fourth-order valence-corrected chi connectivity index (χ4v) is 1.69. The van der Waals surface area contributed by atoms with Gasteiger partial charge in [0.05, 0.1) is 5.70 Å². The van der Waals surface area contributed by atoms with Crippen molar-refractivity contribution in [3.05, 3.63) is 42.1 Å². The molecule has 0 aromatic heterocycles. The SMILES string of the molecule is O=C(N=NC1=CCCCC1)Nc1ccccc1. The monoisotopic (exact) mass is 229 g/mol. The number of hydrogen-bond acceptors (Lipinski definition) is 2. The molecule has 2 rings (SSSR count). The van der Waals surface area contributed by atoms with E-state index in [0.29, 0.717) is 0 Å². The van der Waals surface area contributed by atoms with Crippen molar-refractivity contribution < 1.29 is 4.79 Å². The summed E-state index contributed by atoms with van der Waals surface area (Å²) in [5.41, 5.74) is 1.65. The molecular formula is C13H15N3O. The zero-order valence-corrected chi connectivity index (χ0v) is 9.60. The van der Waals surface area contributed by atoms with Crippen molar-refractivity contribution in [2.24, 2.45) is 10.2 Å². The number of nitrogens with zero attached hydrogens (tertiary/aromatic N) is 2. The van der Waals surface area contributed by atoms with E-state index in [9.17, 15) is 4.79 Å². The molecule has 0 saturated heterocycles. The summed E-state index contributed by atoms with van der Waals surface area (Å²) in [6.45, 7) is 0. The Hall–Kier alpha value is -1.97. The van der Waals surface area contributed by atoms with Gasteiger partial charge in [-0.25, -0.2) is 4.79 Å². The molecule has 1 aliphatic carbocycles. The van der Waals surface area contributed by atoms with Crippen LogP contribution in [0, 0.1) is 0 Å². The lowest BCUT2D eigenvalue weighted by Gasteiger charge is -2.06. The molecule has 4 nitrogen and oxygen atoms in total. The van der Waals surface area contributed by atoms with Gasteiger partial charge in [-0.1, -0.05) is 29.4 Å². The summed E-state index contributed by atoms with van der Waals surface area (Å²) < 4.78 is 0. The van der Waals surface area contributed by atoms with E-state index in [0.717, 1.165) is 30.6 Å².